The lowest BCUT2D eigenvalue weighted by Crippen LogP contribution is -2.34. The Hall–Kier alpha value is -3.31. The fraction of sp³-hybridized carbons (Fsp3) is 0.130. The molecule has 0 radical (unpaired) electrons. The molecule has 0 saturated heterocycles. The SMILES string of the molecule is CCc1ccccc1C(=O)NC(=O)Nc1ccc(-c2ccc(Cl)cc2)c(OC)c1. The van der Waals surface area contributed by atoms with Crippen molar-refractivity contribution < 1.29 is 14.3 Å². The van der Waals surface area contributed by atoms with Crippen molar-refractivity contribution in [2.24, 2.45) is 0 Å². The molecule has 3 amide bonds. The first-order valence-electron chi connectivity index (χ1n) is 9.16. The van der Waals surface area contributed by atoms with Crippen molar-refractivity contribution in [3.05, 3.63) is 82.9 Å². The number of nitrogens with one attached hydrogen (secondary N) is 2. The molecule has 0 aromatic heterocycles. The maximum Gasteiger partial charge on any atom is 0.326 e. The number of benzene rings is 3. The average molecular weight is 409 g/mol. The van der Waals surface area contributed by atoms with E-state index in [-0.39, 0.29) is 0 Å². The number of methoxy groups -OCH3 is 1. The van der Waals surface area contributed by atoms with Crippen LogP contribution in [0.3, 0.4) is 0 Å². The molecule has 0 unspecified atom stereocenters. The third-order valence-electron chi connectivity index (χ3n) is 4.48. The number of urea groups is 1. The van der Waals surface area contributed by atoms with Crippen LogP contribution in [0.2, 0.25) is 5.02 Å². The normalized spacial score (nSPS) is 10.3. The Balaban J connectivity index is 1.73. The highest BCUT2D eigenvalue weighted by Crippen LogP contribution is 2.33. The van der Waals surface area contributed by atoms with Crippen LogP contribution in [0, 0.1) is 0 Å². The summed E-state index contributed by atoms with van der Waals surface area (Å²) in [7, 11) is 1.56. The van der Waals surface area contributed by atoms with Crippen molar-refractivity contribution in [1.82, 2.24) is 5.32 Å². The molecule has 0 fully saturated rings. The van der Waals surface area contributed by atoms with Gasteiger partial charge in [-0.05, 0) is 47.9 Å². The number of hydrogen-bond acceptors (Lipinski definition) is 3. The summed E-state index contributed by atoms with van der Waals surface area (Å²) < 4.78 is 5.46. The van der Waals surface area contributed by atoms with E-state index in [1.807, 2.05) is 37.3 Å². The first-order valence-corrected chi connectivity index (χ1v) is 9.53. The lowest BCUT2D eigenvalue weighted by molar-refractivity contribution is 0.0966. The Morgan fingerprint density at radius 2 is 1.72 bits per heavy atom. The second kappa shape index (κ2) is 9.26. The van der Waals surface area contributed by atoms with E-state index in [1.54, 1.807) is 43.5 Å². The molecular weight excluding hydrogens is 388 g/mol. The fourth-order valence-corrected chi connectivity index (χ4v) is 3.15. The summed E-state index contributed by atoms with van der Waals surface area (Å²) >= 11 is 5.95. The number of rotatable bonds is 5. The van der Waals surface area contributed by atoms with Crippen LogP contribution in [0.1, 0.15) is 22.8 Å². The molecule has 0 aliphatic heterocycles. The zero-order valence-electron chi connectivity index (χ0n) is 16.2. The Labute approximate surface area is 174 Å². The smallest absolute Gasteiger partial charge is 0.326 e. The molecule has 0 bridgehead atoms. The monoisotopic (exact) mass is 408 g/mol. The van der Waals surface area contributed by atoms with Gasteiger partial charge in [-0.25, -0.2) is 4.79 Å². The minimum Gasteiger partial charge on any atom is -0.496 e. The van der Waals surface area contributed by atoms with E-state index in [2.05, 4.69) is 10.6 Å². The van der Waals surface area contributed by atoms with Gasteiger partial charge in [-0.3, -0.25) is 10.1 Å². The van der Waals surface area contributed by atoms with E-state index in [0.29, 0.717) is 28.4 Å². The number of aryl methyl sites for hydroxylation is 1. The average Bonchev–Trinajstić information content (AvgIpc) is 2.74. The van der Waals surface area contributed by atoms with Crippen molar-refractivity contribution in [3.8, 4) is 16.9 Å². The number of ether oxygens (including phenoxy) is 1. The molecule has 5 nitrogen and oxygen atoms in total. The Kier molecular flexibility index (Phi) is 6.52. The maximum absolute atomic E-state index is 12.4. The second-order valence-electron chi connectivity index (χ2n) is 6.34. The van der Waals surface area contributed by atoms with Gasteiger partial charge in [-0.1, -0.05) is 48.9 Å². The van der Waals surface area contributed by atoms with Gasteiger partial charge in [0.1, 0.15) is 5.75 Å². The molecule has 0 aliphatic carbocycles. The van der Waals surface area contributed by atoms with E-state index in [4.69, 9.17) is 16.3 Å². The molecule has 29 heavy (non-hydrogen) atoms. The van der Waals surface area contributed by atoms with E-state index >= 15 is 0 Å². The molecule has 6 heteroatoms. The number of halogens is 1. The van der Waals surface area contributed by atoms with Crippen LogP contribution in [-0.4, -0.2) is 19.0 Å². The van der Waals surface area contributed by atoms with Crippen LogP contribution in [0.25, 0.3) is 11.1 Å². The minimum atomic E-state index is -0.609. The van der Waals surface area contributed by atoms with E-state index in [9.17, 15) is 9.59 Å². The molecular formula is C23H21ClN2O3. The predicted molar refractivity (Wildman–Crippen MR) is 116 cm³/mol. The molecule has 3 aromatic carbocycles. The van der Waals surface area contributed by atoms with Crippen molar-refractivity contribution in [1.29, 1.82) is 0 Å². The number of hydrogen-bond donors (Lipinski definition) is 2. The van der Waals surface area contributed by atoms with Gasteiger partial charge < -0.3 is 10.1 Å². The molecule has 3 aromatic rings. The van der Waals surface area contributed by atoms with Gasteiger partial charge in [0, 0.05) is 27.9 Å². The van der Waals surface area contributed by atoms with Gasteiger partial charge >= 0.3 is 6.03 Å². The molecule has 0 atom stereocenters. The van der Waals surface area contributed by atoms with Gasteiger partial charge in [-0.15, -0.1) is 0 Å². The summed E-state index contributed by atoms with van der Waals surface area (Å²) in [6.45, 7) is 1.96. The van der Waals surface area contributed by atoms with Gasteiger partial charge in [-0.2, -0.15) is 0 Å². The van der Waals surface area contributed by atoms with Gasteiger partial charge in [0.25, 0.3) is 5.91 Å². The van der Waals surface area contributed by atoms with Crippen LogP contribution >= 0.6 is 11.6 Å². The zero-order chi connectivity index (χ0) is 20.8. The summed E-state index contributed by atoms with van der Waals surface area (Å²) in [4.78, 5) is 24.7. The van der Waals surface area contributed by atoms with Crippen molar-refractivity contribution in [2.45, 2.75) is 13.3 Å². The molecule has 0 saturated carbocycles. The summed E-state index contributed by atoms with van der Waals surface area (Å²) in [5, 5.41) is 5.69. The first kappa shape index (κ1) is 20.4. The quantitative estimate of drug-likeness (QED) is 0.582. The van der Waals surface area contributed by atoms with Crippen LogP contribution in [0.5, 0.6) is 5.75 Å². The largest absolute Gasteiger partial charge is 0.496 e. The van der Waals surface area contributed by atoms with E-state index in [1.165, 1.54) is 0 Å². The number of carbonyl (C=O) groups excluding carboxylic acids is 2. The van der Waals surface area contributed by atoms with Crippen LogP contribution < -0.4 is 15.4 Å². The maximum atomic E-state index is 12.4. The molecule has 0 heterocycles. The molecule has 2 N–H and O–H groups in total. The number of amides is 3. The molecule has 3 rings (SSSR count). The number of anilines is 1. The van der Waals surface area contributed by atoms with Crippen LogP contribution in [-0.2, 0) is 6.42 Å². The highest BCUT2D eigenvalue weighted by Gasteiger charge is 2.14. The standard InChI is InChI=1S/C23H21ClN2O3/c1-3-15-6-4-5-7-20(15)22(27)26-23(28)25-18-12-13-19(21(14-18)29-2)16-8-10-17(24)11-9-16/h4-14H,3H2,1-2H3,(H2,25,26,27,28). The molecule has 0 spiro atoms. The van der Waals surface area contributed by atoms with Crippen molar-refractivity contribution in [3.63, 3.8) is 0 Å². The Morgan fingerprint density at radius 3 is 2.41 bits per heavy atom. The van der Waals surface area contributed by atoms with E-state index in [0.717, 1.165) is 16.7 Å². The molecule has 0 aliphatic rings. The van der Waals surface area contributed by atoms with Crippen molar-refractivity contribution >= 4 is 29.2 Å². The summed E-state index contributed by atoms with van der Waals surface area (Å²) in [5.74, 6) is 0.150. The summed E-state index contributed by atoms with van der Waals surface area (Å²) in [6.07, 6.45) is 0.703. The highest BCUT2D eigenvalue weighted by atomic mass is 35.5. The lowest BCUT2D eigenvalue weighted by atomic mass is 10.0. The summed E-state index contributed by atoms with van der Waals surface area (Å²) in [6, 6.07) is 19.3. The molecule has 148 valence electrons. The summed E-state index contributed by atoms with van der Waals surface area (Å²) in [5.41, 5.74) is 3.68. The second-order valence-corrected chi connectivity index (χ2v) is 6.78. The number of carbonyl (C=O) groups is 2. The predicted octanol–water partition coefficient (Wildman–Crippen LogP) is 5.54. The van der Waals surface area contributed by atoms with Gasteiger partial charge in [0.2, 0.25) is 0 Å². The Bertz CT molecular complexity index is 1030. The van der Waals surface area contributed by atoms with Gasteiger partial charge in [0.15, 0.2) is 0 Å². The topological polar surface area (TPSA) is 67.4 Å². The van der Waals surface area contributed by atoms with Crippen LogP contribution in [0.4, 0.5) is 10.5 Å². The lowest BCUT2D eigenvalue weighted by Gasteiger charge is -2.13. The highest BCUT2D eigenvalue weighted by molar-refractivity contribution is 6.30. The van der Waals surface area contributed by atoms with E-state index < -0.39 is 11.9 Å². The van der Waals surface area contributed by atoms with Gasteiger partial charge in [0.05, 0.1) is 7.11 Å². The number of imide groups is 1. The van der Waals surface area contributed by atoms with Crippen molar-refractivity contribution in [2.75, 3.05) is 12.4 Å². The third kappa shape index (κ3) is 4.95. The third-order valence-corrected chi connectivity index (χ3v) is 4.74. The Morgan fingerprint density at radius 1 is 1.00 bits per heavy atom. The zero-order valence-corrected chi connectivity index (χ0v) is 16.9. The minimum absolute atomic E-state index is 0.440. The van der Waals surface area contributed by atoms with Crippen LogP contribution in [0.15, 0.2) is 66.7 Å². The fourth-order valence-electron chi connectivity index (χ4n) is 3.02. The first-order chi connectivity index (χ1) is 14.0.